The molecule has 0 spiro atoms. The van der Waals surface area contributed by atoms with Gasteiger partial charge in [0.15, 0.2) is 5.82 Å². The Morgan fingerprint density at radius 3 is 2.85 bits per heavy atom. The average molecular weight is 199 g/mol. The van der Waals surface area contributed by atoms with E-state index in [2.05, 4.69) is 20.6 Å². The number of aromatic nitrogens is 2. The highest BCUT2D eigenvalue weighted by Crippen LogP contribution is 2.19. The maximum absolute atomic E-state index is 5.28. The highest BCUT2D eigenvalue weighted by atomic mass is 32.1. The summed E-state index contributed by atoms with van der Waals surface area (Å²) < 4.78 is 13.9. The molecule has 13 heavy (non-hydrogen) atoms. The van der Waals surface area contributed by atoms with Crippen LogP contribution in [0, 0.1) is 0 Å². The van der Waals surface area contributed by atoms with E-state index in [0.717, 1.165) is 44.2 Å². The first-order chi connectivity index (χ1) is 6.42. The summed E-state index contributed by atoms with van der Waals surface area (Å²) in [7, 11) is 0. The van der Waals surface area contributed by atoms with Crippen LogP contribution in [0.25, 0.3) is 0 Å². The van der Waals surface area contributed by atoms with Gasteiger partial charge >= 0.3 is 0 Å². The molecule has 0 bridgehead atoms. The molecule has 0 radical (unpaired) electrons. The molecule has 0 aliphatic carbocycles. The number of rotatable bonds is 2. The Labute approximate surface area is 81.9 Å². The van der Waals surface area contributed by atoms with Gasteiger partial charge in [-0.2, -0.15) is 8.75 Å². The molecular formula is C8H13N3OS. The van der Waals surface area contributed by atoms with E-state index in [9.17, 15) is 0 Å². The fourth-order valence-electron chi connectivity index (χ4n) is 1.44. The van der Waals surface area contributed by atoms with Crippen molar-refractivity contribution in [1.82, 2.24) is 8.75 Å². The Balaban J connectivity index is 2.13. The number of hydrogen-bond donors (Lipinski definition) is 0. The second-order valence-electron chi connectivity index (χ2n) is 2.99. The number of morpholine rings is 1. The summed E-state index contributed by atoms with van der Waals surface area (Å²) in [5.74, 6) is 1.07. The molecule has 1 saturated heterocycles. The van der Waals surface area contributed by atoms with E-state index in [1.54, 1.807) is 0 Å². The van der Waals surface area contributed by atoms with Crippen molar-refractivity contribution in [2.24, 2.45) is 0 Å². The Bertz CT molecular complexity index is 270. The lowest BCUT2D eigenvalue weighted by Crippen LogP contribution is -2.36. The fourth-order valence-corrected chi connectivity index (χ4v) is 2.09. The van der Waals surface area contributed by atoms with Gasteiger partial charge in [0.05, 0.1) is 30.6 Å². The first-order valence-corrected chi connectivity index (χ1v) is 5.29. The van der Waals surface area contributed by atoms with Gasteiger partial charge in [0, 0.05) is 13.1 Å². The minimum Gasteiger partial charge on any atom is -0.378 e. The minimum absolute atomic E-state index is 0.806. The third-order valence-corrected chi connectivity index (χ3v) is 2.74. The van der Waals surface area contributed by atoms with Crippen LogP contribution in [0.15, 0.2) is 0 Å². The monoisotopic (exact) mass is 199 g/mol. The molecule has 0 N–H and O–H groups in total. The van der Waals surface area contributed by atoms with Crippen molar-refractivity contribution in [1.29, 1.82) is 0 Å². The van der Waals surface area contributed by atoms with E-state index in [4.69, 9.17) is 4.74 Å². The van der Waals surface area contributed by atoms with E-state index in [0.29, 0.717) is 0 Å². The van der Waals surface area contributed by atoms with Gasteiger partial charge in [0.2, 0.25) is 0 Å². The quantitative estimate of drug-likeness (QED) is 0.710. The van der Waals surface area contributed by atoms with Crippen molar-refractivity contribution in [3.8, 4) is 0 Å². The second-order valence-corrected chi connectivity index (χ2v) is 3.52. The van der Waals surface area contributed by atoms with Crippen LogP contribution in [0.1, 0.15) is 12.6 Å². The number of hydrogen-bond acceptors (Lipinski definition) is 5. The molecule has 0 unspecified atom stereocenters. The van der Waals surface area contributed by atoms with Gasteiger partial charge in [-0.3, -0.25) is 0 Å². The normalized spacial score (nSPS) is 17.8. The van der Waals surface area contributed by atoms with Crippen LogP contribution < -0.4 is 4.90 Å². The van der Waals surface area contributed by atoms with Crippen molar-refractivity contribution in [2.75, 3.05) is 31.2 Å². The van der Waals surface area contributed by atoms with Crippen molar-refractivity contribution >= 4 is 17.5 Å². The predicted octanol–water partition coefficient (Wildman–Crippen LogP) is 0.937. The SMILES string of the molecule is CCc1nsnc1N1CCOCC1. The van der Waals surface area contributed by atoms with Gasteiger partial charge in [-0.05, 0) is 6.42 Å². The van der Waals surface area contributed by atoms with Gasteiger partial charge in [0.25, 0.3) is 0 Å². The number of aryl methyl sites for hydroxylation is 1. The molecule has 1 aromatic heterocycles. The lowest BCUT2D eigenvalue weighted by Gasteiger charge is -2.27. The highest BCUT2D eigenvalue weighted by Gasteiger charge is 2.16. The number of nitrogens with zero attached hydrogens (tertiary/aromatic N) is 3. The maximum Gasteiger partial charge on any atom is 0.165 e. The largest absolute Gasteiger partial charge is 0.378 e. The smallest absolute Gasteiger partial charge is 0.165 e. The molecule has 2 heterocycles. The Morgan fingerprint density at radius 1 is 1.38 bits per heavy atom. The highest BCUT2D eigenvalue weighted by molar-refractivity contribution is 6.99. The average Bonchev–Trinajstić information content (AvgIpc) is 2.67. The minimum atomic E-state index is 0.806. The molecule has 5 heteroatoms. The maximum atomic E-state index is 5.28. The topological polar surface area (TPSA) is 38.2 Å². The molecule has 1 fully saturated rings. The van der Waals surface area contributed by atoms with Crippen molar-refractivity contribution in [3.05, 3.63) is 5.69 Å². The molecule has 72 valence electrons. The van der Waals surface area contributed by atoms with Crippen LogP contribution >= 0.6 is 11.7 Å². The van der Waals surface area contributed by atoms with E-state index in [-0.39, 0.29) is 0 Å². The van der Waals surface area contributed by atoms with Crippen LogP contribution in [0.3, 0.4) is 0 Å². The first-order valence-electron chi connectivity index (χ1n) is 4.56. The lowest BCUT2D eigenvalue weighted by atomic mass is 10.3. The molecule has 4 nitrogen and oxygen atoms in total. The molecule has 0 saturated carbocycles. The molecule has 1 aliphatic heterocycles. The summed E-state index contributed by atoms with van der Waals surface area (Å²) in [6, 6.07) is 0. The lowest BCUT2D eigenvalue weighted by molar-refractivity contribution is 0.122. The van der Waals surface area contributed by atoms with Gasteiger partial charge in [0.1, 0.15) is 0 Å². The van der Waals surface area contributed by atoms with Crippen LogP contribution in [-0.2, 0) is 11.2 Å². The second kappa shape index (κ2) is 4.02. The third kappa shape index (κ3) is 1.81. The summed E-state index contributed by atoms with van der Waals surface area (Å²) in [5.41, 5.74) is 1.12. The van der Waals surface area contributed by atoms with Crippen LogP contribution in [0.4, 0.5) is 5.82 Å². The van der Waals surface area contributed by atoms with E-state index >= 15 is 0 Å². The molecule has 0 aromatic carbocycles. The zero-order valence-corrected chi connectivity index (χ0v) is 8.51. The van der Waals surface area contributed by atoms with Crippen LogP contribution in [-0.4, -0.2) is 35.1 Å². The number of anilines is 1. The van der Waals surface area contributed by atoms with Crippen molar-refractivity contribution in [3.63, 3.8) is 0 Å². The molecule has 2 rings (SSSR count). The predicted molar refractivity (Wildman–Crippen MR) is 52.3 cm³/mol. The summed E-state index contributed by atoms with van der Waals surface area (Å²) in [6.45, 7) is 5.61. The van der Waals surface area contributed by atoms with Crippen LogP contribution in [0.5, 0.6) is 0 Å². The third-order valence-electron chi connectivity index (χ3n) is 2.18. The summed E-state index contributed by atoms with van der Waals surface area (Å²) in [4.78, 5) is 2.26. The van der Waals surface area contributed by atoms with Gasteiger partial charge in [-0.1, -0.05) is 6.92 Å². The molecule has 1 aromatic rings. The molecule has 0 amide bonds. The van der Waals surface area contributed by atoms with Gasteiger partial charge < -0.3 is 9.64 Å². The Morgan fingerprint density at radius 2 is 2.15 bits per heavy atom. The zero-order valence-electron chi connectivity index (χ0n) is 7.69. The molecule has 1 aliphatic rings. The Kier molecular flexibility index (Phi) is 2.75. The zero-order chi connectivity index (χ0) is 9.10. The Hall–Kier alpha value is -0.680. The van der Waals surface area contributed by atoms with Crippen LogP contribution in [0.2, 0.25) is 0 Å². The van der Waals surface area contributed by atoms with E-state index in [1.807, 2.05) is 0 Å². The standard InChI is InChI=1S/C8H13N3OS/c1-2-7-8(10-13-9-7)11-3-5-12-6-4-11/h2-6H2,1H3. The summed E-state index contributed by atoms with van der Waals surface area (Å²) in [6.07, 6.45) is 0.961. The summed E-state index contributed by atoms with van der Waals surface area (Å²) in [5, 5.41) is 0. The van der Waals surface area contributed by atoms with Gasteiger partial charge in [-0.25, -0.2) is 0 Å². The summed E-state index contributed by atoms with van der Waals surface area (Å²) >= 11 is 1.30. The molecule has 0 atom stereocenters. The fraction of sp³-hybridized carbons (Fsp3) is 0.750. The van der Waals surface area contributed by atoms with Crippen molar-refractivity contribution < 1.29 is 4.74 Å². The van der Waals surface area contributed by atoms with E-state index < -0.39 is 0 Å². The number of ether oxygens (including phenoxy) is 1. The first kappa shape index (κ1) is 8.90. The molecular weight excluding hydrogens is 186 g/mol. The van der Waals surface area contributed by atoms with Gasteiger partial charge in [-0.15, -0.1) is 0 Å². The van der Waals surface area contributed by atoms with Crippen molar-refractivity contribution in [2.45, 2.75) is 13.3 Å². The van der Waals surface area contributed by atoms with E-state index in [1.165, 1.54) is 11.7 Å².